The van der Waals surface area contributed by atoms with Gasteiger partial charge in [0.25, 0.3) is 5.91 Å². The van der Waals surface area contributed by atoms with Gasteiger partial charge in [-0.3, -0.25) is 9.59 Å². The van der Waals surface area contributed by atoms with Gasteiger partial charge in [0.15, 0.2) is 0 Å². The molecule has 3 aromatic rings. The molecular formula is C33H33ClF3N3O7. The quantitative estimate of drug-likeness (QED) is 0.119. The van der Waals surface area contributed by atoms with E-state index in [-0.39, 0.29) is 25.0 Å². The van der Waals surface area contributed by atoms with Crippen LogP contribution >= 0.6 is 11.6 Å². The first kappa shape index (κ1) is 33.7. The summed E-state index contributed by atoms with van der Waals surface area (Å²) in [7, 11) is 2.92. The van der Waals surface area contributed by atoms with E-state index < -0.39 is 30.0 Å². The second kappa shape index (κ2) is 13.6. The van der Waals surface area contributed by atoms with Crippen molar-refractivity contribution in [1.82, 2.24) is 0 Å². The summed E-state index contributed by atoms with van der Waals surface area (Å²) in [5.41, 5.74) is 2.64. The summed E-state index contributed by atoms with van der Waals surface area (Å²) in [5, 5.41) is 16.5. The maximum Gasteiger partial charge on any atom is 0.573 e. The van der Waals surface area contributed by atoms with Crippen LogP contribution in [0.25, 0.3) is 0 Å². The lowest BCUT2D eigenvalue weighted by Crippen LogP contribution is -2.44. The zero-order valence-corrected chi connectivity index (χ0v) is 26.6. The maximum atomic E-state index is 14.7. The molecule has 1 aliphatic carbocycles. The molecule has 1 heterocycles. The summed E-state index contributed by atoms with van der Waals surface area (Å²) in [4.78, 5) is 32.2. The summed E-state index contributed by atoms with van der Waals surface area (Å²) < 4.78 is 54.8. The first-order valence-electron chi connectivity index (χ1n) is 14.7. The van der Waals surface area contributed by atoms with Crippen LogP contribution in [0.1, 0.15) is 55.3 Å². The maximum absolute atomic E-state index is 14.7. The van der Waals surface area contributed by atoms with E-state index in [1.165, 1.54) is 31.3 Å². The minimum Gasteiger partial charge on any atom is -0.497 e. The van der Waals surface area contributed by atoms with Crippen LogP contribution in [0.3, 0.4) is 0 Å². The number of aliphatic carboxylic acids is 1. The largest absolute Gasteiger partial charge is 0.573 e. The first-order valence-corrected chi connectivity index (χ1v) is 15.1. The zero-order chi connectivity index (χ0) is 33.9. The summed E-state index contributed by atoms with van der Waals surface area (Å²) in [5.74, 6) is -1.13. The van der Waals surface area contributed by atoms with Crippen molar-refractivity contribution in [2.24, 2.45) is 5.16 Å². The third-order valence-electron chi connectivity index (χ3n) is 8.34. The van der Waals surface area contributed by atoms with Gasteiger partial charge in [0, 0.05) is 45.9 Å². The Morgan fingerprint density at radius 1 is 1.06 bits per heavy atom. The van der Waals surface area contributed by atoms with Crippen molar-refractivity contribution in [2.75, 3.05) is 37.6 Å². The van der Waals surface area contributed by atoms with E-state index in [0.717, 1.165) is 24.8 Å². The van der Waals surface area contributed by atoms with Gasteiger partial charge in [-0.25, -0.2) is 0 Å². The number of methoxy groups -OCH3 is 2. The molecule has 47 heavy (non-hydrogen) atoms. The van der Waals surface area contributed by atoms with Gasteiger partial charge in [-0.1, -0.05) is 35.3 Å². The predicted molar refractivity (Wildman–Crippen MR) is 169 cm³/mol. The second-order valence-electron chi connectivity index (χ2n) is 11.4. The van der Waals surface area contributed by atoms with Crippen LogP contribution in [0.5, 0.6) is 17.2 Å². The number of anilines is 2. The molecule has 1 amide bonds. The van der Waals surface area contributed by atoms with Gasteiger partial charge in [0.1, 0.15) is 29.9 Å². The Morgan fingerprint density at radius 2 is 1.83 bits per heavy atom. The van der Waals surface area contributed by atoms with E-state index in [0.29, 0.717) is 44.7 Å². The van der Waals surface area contributed by atoms with Crippen LogP contribution in [0, 0.1) is 0 Å². The number of ether oxygens (including phenoxy) is 3. The average Bonchev–Trinajstić information content (AvgIpc) is 3.36. The van der Waals surface area contributed by atoms with Gasteiger partial charge in [-0.15, -0.1) is 13.2 Å². The zero-order valence-electron chi connectivity index (χ0n) is 25.8. The van der Waals surface area contributed by atoms with Crippen molar-refractivity contribution in [3.63, 3.8) is 0 Å². The Morgan fingerprint density at radius 3 is 2.47 bits per heavy atom. The summed E-state index contributed by atoms with van der Waals surface area (Å²) in [6, 6.07) is 13.0. The van der Waals surface area contributed by atoms with Crippen LogP contribution in [0.4, 0.5) is 24.5 Å². The number of carboxylic acids is 1. The lowest BCUT2D eigenvalue weighted by Gasteiger charge is -2.39. The van der Waals surface area contributed by atoms with Gasteiger partial charge < -0.3 is 34.4 Å². The fraction of sp³-hybridized carbons (Fsp3) is 0.364. The number of oxime groups is 1. The summed E-state index contributed by atoms with van der Waals surface area (Å²) in [6.45, 7) is 1.83. The number of alkyl halides is 3. The van der Waals surface area contributed by atoms with Gasteiger partial charge in [0.2, 0.25) is 0 Å². The lowest BCUT2D eigenvalue weighted by molar-refractivity contribution is -0.274. The van der Waals surface area contributed by atoms with Crippen molar-refractivity contribution in [3.8, 4) is 17.2 Å². The smallest absolute Gasteiger partial charge is 0.497 e. The molecule has 3 aromatic carbocycles. The number of nitrogens with one attached hydrogen (secondary N) is 1. The Kier molecular flexibility index (Phi) is 9.76. The number of carbonyl (C=O) groups excluding carboxylic acids is 1. The number of carboxylic acid groups (broad SMARTS) is 1. The number of benzene rings is 3. The fourth-order valence-corrected chi connectivity index (χ4v) is 6.10. The Hall–Kier alpha value is -4.65. The topological polar surface area (TPSA) is 119 Å². The van der Waals surface area contributed by atoms with Crippen molar-refractivity contribution in [1.29, 1.82) is 0 Å². The molecule has 1 unspecified atom stereocenters. The number of hydrogen-bond donors (Lipinski definition) is 2. The molecule has 0 saturated heterocycles. The lowest BCUT2D eigenvalue weighted by atomic mass is 9.66. The molecule has 0 aromatic heterocycles. The minimum atomic E-state index is -4.90. The molecular weight excluding hydrogens is 643 g/mol. The third kappa shape index (κ3) is 7.51. The Labute approximate surface area is 274 Å². The van der Waals surface area contributed by atoms with Crippen LogP contribution in [-0.2, 0) is 19.8 Å². The molecule has 2 aliphatic rings. The van der Waals surface area contributed by atoms with E-state index in [2.05, 4.69) is 15.2 Å². The summed E-state index contributed by atoms with van der Waals surface area (Å²) >= 11 is 6.26. The number of amides is 1. The molecule has 0 bridgehead atoms. The number of hydrogen-bond acceptors (Lipinski definition) is 8. The van der Waals surface area contributed by atoms with Gasteiger partial charge >= 0.3 is 12.3 Å². The highest BCUT2D eigenvalue weighted by molar-refractivity contribution is 6.30. The normalized spacial score (nSPS) is 15.8. The van der Waals surface area contributed by atoms with E-state index >= 15 is 0 Å². The Balaban J connectivity index is 1.55. The van der Waals surface area contributed by atoms with Crippen molar-refractivity contribution in [2.45, 2.75) is 50.4 Å². The van der Waals surface area contributed by atoms with Crippen molar-refractivity contribution >= 4 is 40.6 Å². The molecule has 1 saturated carbocycles. The minimum absolute atomic E-state index is 0.122. The van der Waals surface area contributed by atoms with Crippen molar-refractivity contribution < 1.29 is 46.9 Å². The molecule has 1 spiro atoms. The highest BCUT2D eigenvalue weighted by Crippen LogP contribution is 2.54. The highest BCUT2D eigenvalue weighted by Gasteiger charge is 2.50. The molecule has 1 atom stereocenters. The molecule has 250 valence electrons. The molecule has 0 radical (unpaired) electrons. The predicted octanol–water partition coefficient (Wildman–Crippen LogP) is 7.09. The Bertz CT molecular complexity index is 1690. The molecule has 14 heteroatoms. The molecule has 10 nitrogen and oxygen atoms in total. The van der Waals surface area contributed by atoms with E-state index in [1.807, 2.05) is 0 Å². The number of halogens is 4. The first-order chi connectivity index (χ1) is 22.3. The number of rotatable bonds is 12. The van der Waals surface area contributed by atoms with Crippen molar-refractivity contribution in [3.05, 3.63) is 76.3 Å². The molecule has 5 rings (SSSR count). The summed E-state index contributed by atoms with van der Waals surface area (Å²) in [6.07, 6.45) is -2.61. The average molecular weight is 676 g/mol. The molecule has 2 N–H and O–H groups in total. The van der Waals surface area contributed by atoms with Gasteiger partial charge in [0.05, 0.1) is 32.0 Å². The van der Waals surface area contributed by atoms with Crippen LogP contribution in [-0.4, -0.2) is 56.4 Å². The van der Waals surface area contributed by atoms with Crippen LogP contribution in [0.15, 0.2) is 59.8 Å². The van der Waals surface area contributed by atoms with Gasteiger partial charge in [-0.2, -0.15) is 0 Å². The fourth-order valence-electron chi connectivity index (χ4n) is 5.94. The third-order valence-corrected chi connectivity index (χ3v) is 8.57. The monoisotopic (exact) mass is 675 g/mol. The van der Waals surface area contributed by atoms with E-state index in [4.69, 9.17) is 31.0 Å². The molecule has 1 fully saturated rings. The number of carbonyl (C=O) groups is 2. The highest BCUT2D eigenvalue weighted by atomic mass is 35.5. The van der Waals surface area contributed by atoms with E-state index in [9.17, 15) is 22.8 Å². The molecule has 1 aliphatic heterocycles. The SMILES string of the molecule is COc1cc(NC(C(=O)N2CC3(CCC3)c3ccc(OC(F)(F)F)cc32)c2ccc(Cl)cc2OC)cc(C(C)=NOCCC(=O)O)c1. The van der Waals surface area contributed by atoms with E-state index in [1.54, 1.807) is 49.4 Å². The number of nitrogens with zero attached hydrogens (tertiary/aromatic N) is 2. The van der Waals surface area contributed by atoms with Gasteiger partial charge in [-0.05, 0) is 55.7 Å². The van der Waals surface area contributed by atoms with Crippen LogP contribution in [0.2, 0.25) is 5.02 Å². The van der Waals surface area contributed by atoms with Crippen LogP contribution < -0.4 is 24.4 Å². The number of fused-ring (bicyclic) bond motifs is 2. The second-order valence-corrected chi connectivity index (χ2v) is 11.8. The standard InChI is InChI=1S/C33H33ClF3N3O7/c1-19(39-46-12-9-29(41)42)20-13-22(16-24(14-20)44-2)38-30(25-7-5-21(34)15-28(25)45-3)31(43)40-18-32(10-4-11-32)26-8-6-23(17-27(26)40)47-33(35,36)37/h5-8,13-17,30,38H,4,9-12,18H2,1-3H3,(H,41,42).